The van der Waals surface area contributed by atoms with Gasteiger partial charge >= 0.3 is 0 Å². The lowest BCUT2D eigenvalue weighted by molar-refractivity contribution is -0.0430. The molecule has 1 unspecified atom stereocenters. The lowest BCUT2D eigenvalue weighted by Crippen LogP contribution is -2.37. The van der Waals surface area contributed by atoms with E-state index in [0.29, 0.717) is 0 Å². The molecule has 1 atom stereocenters. The Balaban J connectivity index is 2.63. The van der Waals surface area contributed by atoms with Crippen molar-refractivity contribution in [2.24, 2.45) is 0 Å². The van der Waals surface area contributed by atoms with Crippen LogP contribution in [0.2, 0.25) is 6.55 Å². The summed E-state index contributed by atoms with van der Waals surface area (Å²) in [7, 11) is 0.850. The maximum atomic E-state index is 6.62. The normalized spacial score (nSPS) is 16.1. The maximum Gasteiger partial charge on any atom is 0.206 e. The molecular formula is C12H19ClO2Si2. The molecule has 0 saturated heterocycles. The molecule has 1 rings (SSSR count). The monoisotopic (exact) mass is 286 g/mol. The van der Waals surface area contributed by atoms with Crippen LogP contribution in [0.15, 0.2) is 41.7 Å². The number of ether oxygens (including phenoxy) is 2. The van der Waals surface area contributed by atoms with Gasteiger partial charge in [-0.25, -0.2) is 0 Å². The number of rotatable bonds is 6. The first kappa shape index (κ1) is 14.7. The van der Waals surface area contributed by atoms with Crippen molar-refractivity contribution >= 4 is 33.2 Å². The summed E-state index contributed by atoms with van der Waals surface area (Å²) >= 11 is 6.62. The first-order chi connectivity index (χ1) is 8.10. The molecule has 17 heavy (non-hydrogen) atoms. The smallest absolute Gasteiger partial charge is 0.206 e. The Labute approximate surface area is 111 Å². The molecule has 0 aliphatic rings. The Kier molecular flexibility index (Phi) is 6.15. The van der Waals surface area contributed by atoms with Crippen LogP contribution in [0.4, 0.5) is 0 Å². The Hall–Kier alpha value is -0.396. The first-order valence-electron chi connectivity index (χ1n) is 5.58. The van der Waals surface area contributed by atoms with E-state index in [1.165, 1.54) is 5.19 Å². The van der Waals surface area contributed by atoms with Gasteiger partial charge in [-0.3, -0.25) is 0 Å². The van der Waals surface area contributed by atoms with Gasteiger partial charge in [-0.05, 0) is 11.7 Å². The molecule has 0 radical (unpaired) electrons. The summed E-state index contributed by atoms with van der Waals surface area (Å²) in [5.74, 6) is -0.0523. The van der Waals surface area contributed by atoms with Crippen LogP contribution in [0.1, 0.15) is 0 Å². The Bertz CT molecular complexity index is 351. The lowest BCUT2D eigenvalue weighted by atomic mass is 10.4. The molecule has 1 aromatic carbocycles. The molecule has 0 aromatic heterocycles. The van der Waals surface area contributed by atoms with E-state index in [1.54, 1.807) is 14.2 Å². The topological polar surface area (TPSA) is 18.5 Å². The maximum absolute atomic E-state index is 6.62. The molecule has 0 saturated carbocycles. The van der Waals surface area contributed by atoms with Crippen molar-refractivity contribution in [3.8, 4) is 0 Å². The summed E-state index contributed by atoms with van der Waals surface area (Å²) in [6.45, 7) is 2.13. The number of halogens is 1. The van der Waals surface area contributed by atoms with Crippen LogP contribution in [0, 0.1) is 0 Å². The van der Waals surface area contributed by atoms with Gasteiger partial charge in [-0.1, -0.05) is 36.0 Å². The van der Waals surface area contributed by atoms with Crippen LogP contribution < -0.4 is 5.19 Å². The van der Waals surface area contributed by atoms with Gasteiger partial charge < -0.3 is 9.47 Å². The molecule has 5 heteroatoms. The third kappa shape index (κ3) is 4.77. The molecule has 0 N–H and O–H groups in total. The van der Waals surface area contributed by atoms with Crippen LogP contribution in [0.25, 0.3) is 0 Å². The van der Waals surface area contributed by atoms with Crippen molar-refractivity contribution < 1.29 is 9.47 Å². The zero-order valence-corrected chi connectivity index (χ0v) is 13.7. The van der Waals surface area contributed by atoms with E-state index in [1.807, 2.05) is 18.2 Å². The second kappa shape index (κ2) is 7.13. The fraction of sp³-hybridized carbons (Fsp3) is 0.333. The van der Waals surface area contributed by atoms with E-state index >= 15 is 0 Å². The molecule has 0 aliphatic heterocycles. The Morgan fingerprint density at radius 3 is 2.35 bits per heavy atom. The molecular weight excluding hydrogens is 268 g/mol. The number of hydrogen-bond donors (Lipinski definition) is 0. The highest BCUT2D eigenvalue weighted by atomic mass is 35.6. The largest absolute Gasteiger partial charge is 0.360 e. The van der Waals surface area contributed by atoms with Crippen LogP contribution in [0.5, 0.6) is 0 Å². The summed E-state index contributed by atoms with van der Waals surface area (Å²) in [6.07, 6.45) is 0. The van der Waals surface area contributed by atoms with E-state index in [-0.39, 0.29) is 5.91 Å². The second-order valence-corrected chi connectivity index (χ2v) is 11.0. The van der Waals surface area contributed by atoms with E-state index in [2.05, 4.69) is 30.1 Å². The zero-order chi connectivity index (χ0) is 12.7. The van der Waals surface area contributed by atoms with Gasteiger partial charge in [-0.2, -0.15) is 11.1 Å². The van der Waals surface area contributed by atoms with E-state index in [9.17, 15) is 0 Å². The fourth-order valence-electron chi connectivity index (χ4n) is 1.55. The SMILES string of the molecule is COC(OC)[SiH2]C=C[Si](C)(Cl)c1ccccc1. The summed E-state index contributed by atoms with van der Waals surface area (Å²) in [5, 5.41) is 1.23. The zero-order valence-electron chi connectivity index (χ0n) is 10.5. The van der Waals surface area contributed by atoms with Gasteiger partial charge in [0.2, 0.25) is 7.38 Å². The van der Waals surface area contributed by atoms with E-state index in [4.69, 9.17) is 20.6 Å². The fourth-order valence-corrected chi connectivity index (χ4v) is 6.69. The highest BCUT2D eigenvalue weighted by molar-refractivity contribution is 7.29. The summed E-state index contributed by atoms with van der Waals surface area (Å²) in [4.78, 5) is 0. The summed E-state index contributed by atoms with van der Waals surface area (Å²) < 4.78 is 10.4. The minimum Gasteiger partial charge on any atom is -0.360 e. The quantitative estimate of drug-likeness (QED) is 0.448. The molecule has 0 heterocycles. The van der Waals surface area contributed by atoms with Crippen molar-refractivity contribution in [3.63, 3.8) is 0 Å². The molecule has 0 fully saturated rings. The molecule has 0 amide bonds. The number of hydrogen-bond acceptors (Lipinski definition) is 2. The van der Waals surface area contributed by atoms with Gasteiger partial charge in [0.1, 0.15) is 15.4 Å². The van der Waals surface area contributed by atoms with Gasteiger partial charge in [0, 0.05) is 14.2 Å². The Morgan fingerprint density at radius 1 is 1.24 bits per heavy atom. The number of methoxy groups -OCH3 is 2. The standard InChI is InChI=1S/C12H19ClO2Si2/c1-14-12(15-2)16-9-10-17(3,13)11-7-5-4-6-8-11/h4-10,12H,16H2,1-3H3. The minimum absolute atomic E-state index is 0.0523. The van der Waals surface area contributed by atoms with Crippen LogP contribution in [-0.4, -0.2) is 37.0 Å². The van der Waals surface area contributed by atoms with Crippen LogP contribution >= 0.6 is 11.1 Å². The van der Waals surface area contributed by atoms with Gasteiger partial charge in [0.25, 0.3) is 0 Å². The van der Waals surface area contributed by atoms with Crippen molar-refractivity contribution in [1.29, 1.82) is 0 Å². The van der Waals surface area contributed by atoms with Crippen molar-refractivity contribution in [2.45, 2.75) is 12.5 Å². The molecule has 1 aromatic rings. The first-order valence-corrected chi connectivity index (χ1v) is 10.8. The molecule has 0 spiro atoms. The second-order valence-electron chi connectivity index (χ2n) is 3.98. The third-order valence-electron chi connectivity index (χ3n) is 2.62. The highest BCUT2D eigenvalue weighted by Crippen LogP contribution is 2.10. The van der Waals surface area contributed by atoms with Gasteiger partial charge in [-0.15, -0.1) is 5.70 Å². The molecule has 0 bridgehead atoms. The summed E-state index contributed by atoms with van der Waals surface area (Å²) in [6, 6.07) is 10.3. The molecule has 2 nitrogen and oxygen atoms in total. The summed E-state index contributed by atoms with van der Waals surface area (Å²) in [5.41, 5.74) is 4.35. The van der Waals surface area contributed by atoms with E-state index in [0.717, 1.165) is 0 Å². The van der Waals surface area contributed by atoms with Crippen LogP contribution in [0.3, 0.4) is 0 Å². The predicted molar refractivity (Wildman–Crippen MR) is 79.0 cm³/mol. The lowest BCUT2D eigenvalue weighted by Gasteiger charge is -2.16. The van der Waals surface area contributed by atoms with Crippen molar-refractivity contribution in [1.82, 2.24) is 0 Å². The van der Waals surface area contributed by atoms with Gasteiger partial charge in [0.05, 0.1) is 0 Å². The average Bonchev–Trinajstić information content (AvgIpc) is 2.36. The van der Waals surface area contributed by atoms with E-state index < -0.39 is 16.9 Å². The molecule has 94 valence electrons. The molecule has 0 aliphatic carbocycles. The van der Waals surface area contributed by atoms with Crippen molar-refractivity contribution in [3.05, 3.63) is 41.7 Å². The van der Waals surface area contributed by atoms with Crippen molar-refractivity contribution in [2.75, 3.05) is 14.2 Å². The van der Waals surface area contributed by atoms with Gasteiger partial charge in [0.15, 0.2) is 0 Å². The predicted octanol–water partition coefficient (Wildman–Crippen LogP) is 1.51. The average molecular weight is 287 g/mol. The number of benzene rings is 1. The van der Waals surface area contributed by atoms with Crippen LogP contribution in [-0.2, 0) is 9.47 Å². The Morgan fingerprint density at radius 2 is 1.82 bits per heavy atom. The third-order valence-corrected chi connectivity index (χ3v) is 8.01. The highest BCUT2D eigenvalue weighted by Gasteiger charge is 2.23. The minimum atomic E-state index is -1.96.